The highest BCUT2D eigenvalue weighted by Gasteiger charge is 2.35. The average molecular weight is 623 g/mol. The van der Waals surface area contributed by atoms with Crippen LogP contribution in [-0.2, 0) is 9.13 Å². The molecule has 4 nitrogen and oxygen atoms in total. The molecule has 0 unspecified atom stereocenters. The Kier molecular flexibility index (Phi) is 8.81. The number of rotatable bonds is 8. The lowest BCUT2D eigenvalue weighted by Gasteiger charge is -2.25. The zero-order valence-corrected chi connectivity index (χ0v) is 28.6. The van der Waals surface area contributed by atoms with Crippen LogP contribution in [0, 0.1) is 55.4 Å². The zero-order valence-electron chi connectivity index (χ0n) is 26.8. The summed E-state index contributed by atoms with van der Waals surface area (Å²) in [6.45, 7) is 16.0. The molecule has 0 aliphatic rings. The van der Waals surface area contributed by atoms with Crippen LogP contribution in [0.15, 0.2) is 97.1 Å². The van der Waals surface area contributed by atoms with Crippen LogP contribution in [0.4, 0.5) is 0 Å². The molecule has 5 aromatic carbocycles. The fourth-order valence-electron chi connectivity index (χ4n) is 5.86. The molecular formula is C38H40O4P2. The third kappa shape index (κ3) is 6.20. The van der Waals surface area contributed by atoms with Gasteiger partial charge in [0.15, 0.2) is 0 Å². The van der Waals surface area contributed by atoms with Crippen LogP contribution in [0.2, 0.25) is 0 Å². The normalized spacial score (nSPS) is 11.8. The van der Waals surface area contributed by atoms with E-state index in [-0.39, 0.29) is 0 Å². The fourth-order valence-corrected chi connectivity index (χ4v) is 10.8. The molecule has 0 amide bonds. The average Bonchev–Trinajstić information content (AvgIpc) is 2.93. The van der Waals surface area contributed by atoms with Crippen molar-refractivity contribution >= 4 is 36.0 Å². The molecular weight excluding hydrogens is 582 g/mol. The van der Waals surface area contributed by atoms with Crippen molar-refractivity contribution in [1.82, 2.24) is 0 Å². The van der Waals surface area contributed by atoms with Crippen molar-refractivity contribution in [1.29, 1.82) is 0 Å². The van der Waals surface area contributed by atoms with Gasteiger partial charge in [0.1, 0.15) is 11.5 Å². The summed E-state index contributed by atoms with van der Waals surface area (Å²) in [5.41, 5.74) is 8.03. The van der Waals surface area contributed by atoms with Gasteiger partial charge in [0.2, 0.25) is 0 Å². The Labute approximate surface area is 262 Å². The monoisotopic (exact) mass is 622 g/mol. The third-order valence-electron chi connectivity index (χ3n) is 7.97. The van der Waals surface area contributed by atoms with E-state index in [1.54, 1.807) is 24.3 Å². The smallest absolute Gasteiger partial charge is 0.307 e. The van der Waals surface area contributed by atoms with Gasteiger partial charge in [-0.2, -0.15) is 0 Å². The lowest BCUT2D eigenvalue weighted by atomic mass is 10.2. The van der Waals surface area contributed by atoms with E-state index in [0.717, 1.165) is 44.5 Å². The topological polar surface area (TPSA) is 52.6 Å². The minimum absolute atomic E-state index is 0.438. The summed E-state index contributed by atoms with van der Waals surface area (Å²) < 4.78 is 42.9. The summed E-state index contributed by atoms with van der Waals surface area (Å²) >= 11 is 0. The maximum absolute atomic E-state index is 15.0. The van der Waals surface area contributed by atoms with Gasteiger partial charge in [0, 0.05) is 0 Å². The molecule has 226 valence electrons. The van der Waals surface area contributed by atoms with E-state index in [1.165, 1.54) is 0 Å². The van der Waals surface area contributed by atoms with Crippen molar-refractivity contribution in [2.75, 3.05) is 0 Å². The van der Waals surface area contributed by atoms with Crippen LogP contribution in [-0.4, -0.2) is 0 Å². The van der Waals surface area contributed by atoms with Crippen molar-refractivity contribution in [2.45, 2.75) is 55.4 Å². The first-order chi connectivity index (χ1) is 20.8. The van der Waals surface area contributed by atoms with Crippen LogP contribution in [0.3, 0.4) is 0 Å². The molecule has 0 atom stereocenters. The van der Waals surface area contributed by atoms with Crippen LogP contribution in [0.5, 0.6) is 11.5 Å². The van der Waals surface area contributed by atoms with E-state index in [9.17, 15) is 9.13 Å². The van der Waals surface area contributed by atoms with Crippen LogP contribution in [0.25, 0.3) is 0 Å². The zero-order chi connectivity index (χ0) is 31.8. The third-order valence-corrected chi connectivity index (χ3v) is 13.4. The van der Waals surface area contributed by atoms with Gasteiger partial charge in [0.05, 0.1) is 21.2 Å². The second kappa shape index (κ2) is 12.3. The molecule has 0 saturated carbocycles. The largest absolute Gasteiger partial charge is 0.437 e. The lowest BCUT2D eigenvalue weighted by molar-refractivity contribution is 0.495. The Morgan fingerprint density at radius 2 is 0.591 bits per heavy atom. The Bertz CT molecular complexity index is 1700. The predicted octanol–water partition coefficient (Wildman–Crippen LogP) is 8.77. The Morgan fingerprint density at radius 3 is 0.795 bits per heavy atom. The summed E-state index contributed by atoms with van der Waals surface area (Å²) in [6.07, 6.45) is 0. The van der Waals surface area contributed by atoms with Crippen LogP contribution < -0.4 is 30.3 Å². The molecule has 0 heterocycles. The predicted molar refractivity (Wildman–Crippen MR) is 185 cm³/mol. The molecule has 5 aromatic rings. The molecule has 0 aliphatic carbocycles. The molecule has 0 saturated heterocycles. The quantitative estimate of drug-likeness (QED) is 0.162. The van der Waals surface area contributed by atoms with E-state index in [2.05, 4.69) is 0 Å². The highest BCUT2D eigenvalue weighted by molar-refractivity contribution is 7.75. The first-order valence-corrected chi connectivity index (χ1v) is 18.1. The molecule has 5 rings (SSSR count). The van der Waals surface area contributed by atoms with Gasteiger partial charge in [0.25, 0.3) is 0 Å². The SMILES string of the molecule is Cc1ccc(P(=O)(Oc2ccc(OP(=O)(c3ccc(C)cc3C)c3ccc(C)cc3C)cc2)c2ccc(C)cc2C)c(C)c1. The van der Waals surface area contributed by atoms with E-state index < -0.39 is 14.7 Å². The van der Waals surface area contributed by atoms with Gasteiger partial charge in [-0.1, -0.05) is 70.8 Å². The summed E-state index contributed by atoms with van der Waals surface area (Å²) in [4.78, 5) is 0. The van der Waals surface area contributed by atoms with E-state index >= 15 is 0 Å². The van der Waals surface area contributed by atoms with Crippen LogP contribution in [0.1, 0.15) is 44.5 Å². The summed E-state index contributed by atoms with van der Waals surface area (Å²) in [7, 11) is -7.06. The first kappa shape index (κ1) is 31.6. The van der Waals surface area contributed by atoms with Gasteiger partial charge < -0.3 is 9.05 Å². The van der Waals surface area contributed by atoms with Crippen molar-refractivity contribution < 1.29 is 18.2 Å². The van der Waals surface area contributed by atoms with E-state index in [1.807, 2.05) is 128 Å². The van der Waals surface area contributed by atoms with Crippen molar-refractivity contribution in [3.05, 3.63) is 142 Å². The summed E-state index contributed by atoms with van der Waals surface area (Å²) in [5.74, 6) is 0.877. The molecule has 0 aromatic heterocycles. The van der Waals surface area contributed by atoms with Gasteiger partial charge in [-0.05, 0) is 126 Å². The molecule has 0 bridgehead atoms. The number of benzene rings is 5. The number of hydrogen-bond donors (Lipinski definition) is 0. The van der Waals surface area contributed by atoms with E-state index in [4.69, 9.17) is 9.05 Å². The molecule has 0 N–H and O–H groups in total. The highest BCUT2D eigenvalue weighted by atomic mass is 31.2. The summed E-state index contributed by atoms with van der Waals surface area (Å²) in [5, 5.41) is 2.68. The molecule has 0 spiro atoms. The maximum atomic E-state index is 15.0. The number of aryl methyl sites for hydroxylation is 8. The van der Waals surface area contributed by atoms with E-state index in [0.29, 0.717) is 32.7 Å². The molecule has 0 fully saturated rings. The highest BCUT2D eigenvalue weighted by Crippen LogP contribution is 2.49. The van der Waals surface area contributed by atoms with Gasteiger partial charge in [-0.3, -0.25) is 9.13 Å². The summed E-state index contributed by atoms with van der Waals surface area (Å²) in [6, 6.07) is 30.6. The van der Waals surface area contributed by atoms with Gasteiger partial charge in [-0.15, -0.1) is 0 Å². The second-order valence-electron chi connectivity index (χ2n) is 11.9. The molecule has 44 heavy (non-hydrogen) atoms. The van der Waals surface area contributed by atoms with Gasteiger partial charge in [-0.25, -0.2) is 0 Å². The Hall–Kier alpha value is -3.84. The van der Waals surface area contributed by atoms with Crippen molar-refractivity contribution in [3.63, 3.8) is 0 Å². The van der Waals surface area contributed by atoms with Crippen molar-refractivity contribution in [2.24, 2.45) is 0 Å². The number of hydrogen-bond acceptors (Lipinski definition) is 4. The molecule has 6 heteroatoms. The fraction of sp³-hybridized carbons (Fsp3) is 0.211. The minimum atomic E-state index is -3.53. The minimum Gasteiger partial charge on any atom is -0.437 e. The Balaban J connectivity index is 1.55. The standard InChI is InChI=1S/C38H40O4P2/c1-25-9-17-35(29(5)21-25)43(39,36-18-10-26(2)22-30(36)6)41-33-13-15-34(16-14-33)42-44(40,37-19-11-27(3)23-31(37)7)38-20-12-28(4)24-32(38)8/h9-24H,1-8H3. The maximum Gasteiger partial charge on any atom is 0.307 e. The van der Waals surface area contributed by atoms with Gasteiger partial charge >= 0.3 is 14.7 Å². The lowest BCUT2D eigenvalue weighted by Crippen LogP contribution is -2.25. The van der Waals surface area contributed by atoms with Crippen LogP contribution >= 0.6 is 14.7 Å². The Morgan fingerprint density at radius 1 is 0.364 bits per heavy atom. The van der Waals surface area contributed by atoms with Crippen molar-refractivity contribution in [3.8, 4) is 11.5 Å². The molecule has 0 aliphatic heterocycles. The molecule has 0 radical (unpaired) electrons. The first-order valence-electron chi connectivity index (χ1n) is 14.8. The second-order valence-corrected chi connectivity index (χ2v) is 16.4.